The summed E-state index contributed by atoms with van der Waals surface area (Å²) in [6, 6.07) is 5.32. The van der Waals surface area contributed by atoms with Crippen molar-refractivity contribution < 1.29 is 23.8 Å². The average Bonchev–Trinajstić information content (AvgIpc) is 3.03. The highest BCUT2D eigenvalue weighted by atomic mass is 32.2. The van der Waals surface area contributed by atoms with Crippen molar-refractivity contribution in [3.8, 4) is 34.7 Å². The molecule has 1 aromatic heterocycles. The summed E-state index contributed by atoms with van der Waals surface area (Å²) in [6.07, 6.45) is 2.95. The summed E-state index contributed by atoms with van der Waals surface area (Å²) in [5.41, 5.74) is 3.44. The molecule has 11 heteroatoms. The van der Waals surface area contributed by atoms with Gasteiger partial charge in [-0.25, -0.2) is 9.97 Å². The number of aromatic nitrogens is 2. The van der Waals surface area contributed by atoms with Crippen LogP contribution in [0.1, 0.15) is 12.5 Å². The summed E-state index contributed by atoms with van der Waals surface area (Å²) >= 11 is 1.22. The van der Waals surface area contributed by atoms with Crippen LogP contribution in [0, 0.1) is 11.3 Å². The molecule has 0 spiro atoms. The lowest BCUT2D eigenvalue weighted by molar-refractivity contribution is -0.135. The van der Waals surface area contributed by atoms with Crippen LogP contribution in [-0.4, -0.2) is 54.4 Å². The number of rotatable bonds is 7. The van der Waals surface area contributed by atoms with Crippen molar-refractivity contribution in [2.45, 2.75) is 11.9 Å². The summed E-state index contributed by atoms with van der Waals surface area (Å²) in [5, 5.41) is 10.8. The number of nitrogens with zero attached hydrogens (tertiary/aromatic N) is 4. The van der Waals surface area contributed by atoms with Crippen molar-refractivity contribution >= 4 is 29.4 Å². The number of amides is 2. The van der Waals surface area contributed by atoms with E-state index in [4.69, 9.17) is 14.2 Å². The van der Waals surface area contributed by atoms with E-state index in [0.29, 0.717) is 27.8 Å². The molecule has 31 heavy (non-hydrogen) atoms. The predicted octanol–water partition coefficient (Wildman–Crippen LogP) is 2.40. The molecule has 1 N–H and O–H groups in total. The Morgan fingerprint density at radius 1 is 1.10 bits per heavy atom. The molecule has 10 nitrogen and oxygen atoms in total. The molecule has 0 unspecified atom stereocenters. The van der Waals surface area contributed by atoms with E-state index in [1.54, 1.807) is 18.4 Å². The number of ether oxygens (including phenoxy) is 3. The highest BCUT2D eigenvalue weighted by molar-refractivity contribution is 7.98. The van der Waals surface area contributed by atoms with Crippen molar-refractivity contribution in [1.82, 2.24) is 15.0 Å². The molecule has 1 aliphatic heterocycles. The van der Waals surface area contributed by atoms with E-state index in [1.807, 2.05) is 6.07 Å². The minimum absolute atomic E-state index is 0.00146. The predicted molar refractivity (Wildman–Crippen MR) is 113 cm³/mol. The first kappa shape index (κ1) is 21.9. The molecular weight excluding hydrogens is 422 g/mol. The number of methoxy groups -OCH3 is 3. The molecule has 0 aliphatic carbocycles. The largest absolute Gasteiger partial charge is 0.496 e. The molecule has 2 aromatic rings. The molecule has 0 saturated carbocycles. The van der Waals surface area contributed by atoms with Crippen LogP contribution in [0.2, 0.25) is 0 Å². The van der Waals surface area contributed by atoms with Gasteiger partial charge < -0.3 is 14.2 Å². The fraction of sp³-hybridized carbons (Fsp3) is 0.250. The quantitative estimate of drug-likeness (QED) is 0.389. The third kappa shape index (κ3) is 3.97. The molecule has 1 aromatic carbocycles. The molecule has 0 bridgehead atoms. The molecular formula is C20H19N5O5S. The minimum atomic E-state index is -0.558. The Bertz CT molecular complexity index is 1120. The van der Waals surface area contributed by atoms with Gasteiger partial charge in [0.25, 0.3) is 11.8 Å². The number of hydrogen-bond acceptors (Lipinski definition) is 10. The van der Waals surface area contributed by atoms with Crippen LogP contribution in [0.15, 0.2) is 28.8 Å². The lowest BCUT2D eigenvalue weighted by Gasteiger charge is -2.19. The van der Waals surface area contributed by atoms with Gasteiger partial charge in [-0.15, -0.1) is 11.8 Å². The van der Waals surface area contributed by atoms with Crippen LogP contribution in [-0.2, 0) is 9.59 Å². The number of carbonyl (C=O) groups excluding carboxylic acids is 2. The Balaban J connectivity index is 2.20. The summed E-state index contributed by atoms with van der Waals surface area (Å²) in [4.78, 5) is 33.4. The van der Waals surface area contributed by atoms with Gasteiger partial charge in [-0.2, -0.15) is 10.3 Å². The van der Waals surface area contributed by atoms with Crippen molar-refractivity contribution in [2.24, 2.45) is 0 Å². The van der Waals surface area contributed by atoms with E-state index < -0.39 is 11.8 Å². The van der Waals surface area contributed by atoms with Gasteiger partial charge in [0.2, 0.25) is 0 Å². The van der Waals surface area contributed by atoms with Crippen LogP contribution >= 0.6 is 11.8 Å². The van der Waals surface area contributed by atoms with Crippen LogP contribution in [0.25, 0.3) is 11.4 Å². The third-order valence-electron chi connectivity index (χ3n) is 4.44. The Hall–Kier alpha value is -3.78. The molecule has 1 aliphatic rings. The average molecular weight is 441 g/mol. The number of hydrazine groups is 1. The summed E-state index contributed by atoms with van der Waals surface area (Å²) in [5.74, 6) is 0.350. The maximum atomic E-state index is 12.3. The monoisotopic (exact) mass is 441 g/mol. The van der Waals surface area contributed by atoms with Gasteiger partial charge in [-0.05, 0) is 13.2 Å². The number of nitrogens with one attached hydrogen (secondary N) is 1. The Labute approximate surface area is 182 Å². The summed E-state index contributed by atoms with van der Waals surface area (Å²) in [6.45, 7) is 1.53. The second kappa shape index (κ2) is 8.93. The maximum Gasteiger partial charge on any atom is 0.275 e. The number of thioether (sulfide) groups is 1. The topological polar surface area (TPSA) is 127 Å². The Kier molecular flexibility index (Phi) is 6.31. The molecule has 2 heterocycles. The smallest absolute Gasteiger partial charge is 0.275 e. The lowest BCUT2D eigenvalue weighted by atomic mass is 10.1. The number of carbonyl (C=O) groups is 2. The zero-order valence-electron chi connectivity index (χ0n) is 17.5. The zero-order chi connectivity index (χ0) is 22.7. The highest BCUT2D eigenvalue weighted by Gasteiger charge is 2.31. The van der Waals surface area contributed by atoms with Crippen LogP contribution in [0.4, 0.5) is 5.82 Å². The SMILES string of the molecule is COc1cc(OC)c(-c2nc(NN3C(=O)C=C(C)C3=O)c(C#N)c(SC)n2)c(OC)c1. The molecule has 0 saturated heterocycles. The first-order valence-corrected chi connectivity index (χ1v) is 10.1. The van der Waals surface area contributed by atoms with E-state index >= 15 is 0 Å². The van der Waals surface area contributed by atoms with Gasteiger partial charge in [0.05, 0.1) is 21.3 Å². The normalized spacial score (nSPS) is 13.0. The standard InChI is InChI=1S/C20H19N5O5S/c1-10-6-15(26)25(20(10)27)24-17-12(9-21)19(31-5)23-18(22-17)16-13(29-3)7-11(28-2)8-14(16)30-4/h6-8H,1-5H3,(H,22,23,24). The third-order valence-corrected chi connectivity index (χ3v) is 5.12. The molecule has 160 valence electrons. The van der Waals surface area contributed by atoms with Crippen LogP contribution in [0.3, 0.4) is 0 Å². The van der Waals surface area contributed by atoms with Crippen molar-refractivity contribution in [2.75, 3.05) is 33.0 Å². The van der Waals surface area contributed by atoms with Gasteiger partial charge in [0.15, 0.2) is 11.6 Å². The fourth-order valence-electron chi connectivity index (χ4n) is 2.91. The number of nitriles is 1. The van der Waals surface area contributed by atoms with Gasteiger partial charge in [-0.3, -0.25) is 15.0 Å². The van der Waals surface area contributed by atoms with Crippen molar-refractivity contribution in [3.05, 3.63) is 29.3 Å². The van der Waals surface area contributed by atoms with Crippen LogP contribution < -0.4 is 19.6 Å². The van der Waals surface area contributed by atoms with Gasteiger partial charge in [0, 0.05) is 23.8 Å². The zero-order valence-corrected chi connectivity index (χ0v) is 18.3. The van der Waals surface area contributed by atoms with E-state index in [2.05, 4.69) is 15.4 Å². The van der Waals surface area contributed by atoms with Crippen molar-refractivity contribution in [3.63, 3.8) is 0 Å². The van der Waals surface area contributed by atoms with Crippen LogP contribution in [0.5, 0.6) is 17.2 Å². The van der Waals surface area contributed by atoms with E-state index in [0.717, 1.165) is 5.01 Å². The summed E-state index contributed by atoms with van der Waals surface area (Å²) in [7, 11) is 4.47. The van der Waals surface area contributed by atoms with E-state index in [-0.39, 0.29) is 22.8 Å². The fourth-order valence-corrected chi connectivity index (χ4v) is 3.43. The van der Waals surface area contributed by atoms with Gasteiger partial charge in [0.1, 0.15) is 39.5 Å². The van der Waals surface area contributed by atoms with E-state index in [1.165, 1.54) is 46.1 Å². The number of benzene rings is 1. The minimum Gasteiger partial charge on any atom is -0.496 e. The second-order valence-corrected chi connectivity index (χ2v) is 7.01. The second-order valence-electron chi connectivity index (χ2n) is 6.22. The molecule has 0 fully saturated rings. The Morgan fingerprint density at radius 3 is 2.19 bits per heavy atom. The lowest BCUT2D eigenvalue weighted by Crippen LogP contribution is -2.37. The van der Waals surface area contributed by atoms with Gasteiger partial charge >= 0.3 is 0 Å². The molecule has 0 atom stereocenters. The highest BCUT2D eigenvalue weighted by Crippen LogP contribution is 2.41. The first-order valence-electron chi connectivity index (χ1n) is 8.88. The first-order chi connectivity index (χ1) is 14.9. The van der Waals surface area contributed by atoms with E-state index in [9.17, 15) is 14.9 Å². The number of anilines is 1. The maximum absolute atomic E-state index is 12.3. The number of hydrogen-bond donors (Lipinski definition) is 1. The summed E-state index contributed by atoms with van der Waals surface area (Å²) < 4.78 is 16.2. The van der Waals surface area contributed by atoms with Crippen molar-refractivity contribution in [1.29, 1.82) is 5.26 Å². The molecule has 0 radical (unpaired) electrons. The Morgan fingerprint density at radius 2 is 1.74 bits per heavy atom. The van der Waals surface area contributed by atoms with Gasteiger partial charge in [-0.1, -0.05) is 0 Å². The number of imide groups is 1. The molecule has 3 rings (SSSR count). The molecule has 2 amide bonds.